The summed E-state index contributed by atoms with van der Waals surface area (Å²) in [5.41, 5.74) is 3.51. The van der Waals surface area contributed by atoms with Crippen LogP contribution in [0.2, 0.25) is 5.02 Å². The fourth-order valence-electron chi connectivity index (χ4n) is 3.37. The van der Waals surface area contributed by atoms with E-state index < -0.39 is 0 Å². The van der Waals surface area contributed by atoms with E-state index in [-0.39, 0.29) is 29.4 Å². The summed E-state index contributed by atoms with van der Waals surface area (Å²) in [6.07, 6.45) is 3.63. The van der Waals surface area contributed by atoms with Crippen molar-refractivity contribution in [3.05, 3.63) is 51.9 Å². The maximum absolute atomic E-state index is 6.03. The Labute approximate surface area is 177 Å². The van der Waals surface area contributed by atoms with Gasteiger partial charge in [-0.3, -0.25) is 4.99 Å². The van der Waals surface area contributed by atoms with E-state index in [2.05, 4.69) is 32.9 Å². The lowest BCUT2D eigenvalue weighted by Gasteiger charge is -2.43. The van der Waals surface area contributed by atoms with E-state index in [0.29, 0.717) is 6.54 Å². The molecule has 1 aliphatic carbocycles. The minimum absolute atomic E-state index is 0. The number of nitrogens with zero attached hydrogens (tertiary/aromatic N) is 2. The van der Waals surface area contributed by atoms with E-state index in [9.17, 15) is 0 Å². The van der Waals surface area contributed by atoms with Crippen LogP contribution in [0.25, 0.3) is 0 Å². The number of hydrogen-bond acceptors (Lipinski definition) is 3. The summed E-state index contributed by atoms with van der Waals surface area (Å²) in [5.74, 6) is 1.64. The van der Waals surface area contributed by atoms with Gasteiger partial charge in [0.15, 0.2) is 5.96 Å². The second kappa shape index (κ2) is 9.08. The first kappa shape index (κ1) is 21.0. The highest BCUT2D eigenvalue weighted by Crippen LogP contribution is 2.43. The molecule has 5 nitrogen and oxygen atoms in total. The van der Waals surface area contributed by atoms with Gasteiger partial charge in [0, 0.05) is 36.1 Å². The predicted molar refractivity (Wildman–Crippen MR) is 117 cm³/mol. The van der Waals surface area contributed by atoms with Crippen LogP contribution in [-0.4, -0.2) is 24.7 Å². The molecule has 0 bridgehead atoms. The van der Waals surface area contributed by atoms with E-state index in [1.807, 2.05) is 26.0 Å². The van der Waals surface area contributed by atoms with Crippen molar-refractivity contribution in [2.75, 3.05) is 13.6 Å². The molecular formula is C19H26ClIN4O. The summed E-state index contributed by atoms with van der Waals surface area (Å²) in [4.78, 5) is 4.34. The first-order valence-electron chi connectivity index (χ1n) is 8.66. The van der Waals surface area contributed by atoms with Gasteiger partial charge in [0.2, 0.25) is 0 Å². The molecule has 1 aromatic carbocycles. The van der Waals surface area contributed by atoms with Gasteiger partial charge in [0.1, 0.15) is 5.76 Å². The normalized spacial score (nSPS) is 15.8. The van der Waals surface area contributed by atoms with Gasteiger partial charge >= 0.3 is 0 Å². The Hall–Kier alpha value is -1.28. The van der Waals surface area contributed by atoms with Crippen LogP contribution in [0.1, 0.15) is 41.8 Å². The average molecular weight is 489 g/mol. The molecule has 1 fully saturated rings. The maximum Gasteiger partial charge on any atom is 0.191 e. The monoisotopic (exact) mass is 488 g/mol. The van der Waals surface area contributed by atoms with Crippen LogP contribution in [0.4, 0.5) is 0 Å². The molecule has 3 rings (SSSR count). The van der Waals surface area contributed by atoms with Gasteiger partial charge in [0.25, 0.3) is 0 Å². The molecule has 1 heterocycles. The molecule has 142 valence electrons. The van der Waals surface area contributed by atoms with Crippen LogP contribution in [-0.2, 0) is 12.0 Å². The number of hydrogen-bond donors (Lipinski definition) is 2. The van der Waals surface area contributed by atoms with E-state index in [0.717, 1.165) is 34.5 Å². The van der Waals surface area contributed by atoms with Crippen molar-refractivity contribution in [1.29, 1.82) is 0 Å². The van der Waals surface area contributed by atoms with Crippen LogP contribution in [0.5, 0.6) is 0 Å². The molecule has 1 saturated carbocycles. The second-order valence-corrected chi connectivity index (χ2v) is 7.16. The van der Waals surface area contributed by atoms with Gasteiger partial charge in [-0.25, -0.2) is 0 Å². The fraction of sp³-hybridized carbons (Fsp3) is 0.474. The third-order valence-electron chi connectivity index (χ3n) is 5.20. The number of nitrogens with one attached hydrogen (secondary N) is 2. The van der Waals surface area contributed by atoms with Gasteiger partial charge in [-0.15, -0.1) is 24.0 Å². The number of guanidine groups is 1. The van der Waals surface area contributed by atoms with Crippen molar-refractivity contribution < 1.29 is 4.52 Å². The minimum Gasteiger partial charge on any atom is -0.361 e. The molecular weight excluding hydrogens is 463 g/mol. The van der Waals surface area contributed by atoms with Gasteiger partial charge in [0.05, 0.1) is 5.69 Å². The van der Waals surface area contributed by atoms with E-state index in [1.54, 1.807) is 7.05 Å². The lowest BCUT2D eigenvalue weighted by atomic mass is 9.64. The molecule has 0 aliphatic heterocycles. The molecule has 0 radical (unpaired) electrons. The summed E-state index contributed by atoms with van der Waals surface area (Å²) in [5, 5.41) is 11.6. The first-order chi connectivity index (χ1) is 12.0. The summed E-state index contributed by atoms with van der Waals surface area (Å²) in [7, 11) is 1.79. The van der Waals surface area contributed by atoms with E-state index in [4.69, 9.17) is 16.1 Å². The second-order valence-electron chi connectivity index (χ2n) is 6.72. The summed E-state index contributed by atoms with van der Waals surface area (Å²) in [6.45, 7) is 5.38. The highest BCUT2D eigenvalue weighted by atomic mass is 127. The summed E-state index contributed by atoms with van der Waals surface area (Å²) in [6, 6.07) is 8.23. The number of aliphatic imine (C=N–C) groups is 1. The lowest BCUT2D eigenvalue weighted by molar-refractivity contribution is 0.244. The summed E-state index contributed by atoms with van der Waals surface area (Å²) >= 11 is 6.03. The molecule has 0 unspecified atom stereocenters. The van der Waals surface area contributed by atoms with E-state index >= 15 is 0 Å². The number of aryl methyl sites for hydroxylation is 2. The molecule has 26 heavy (non-hydrogen) atoms. The van der Waals surface area contributed by atoms with Crippen LogP contribution in [0.15, 0.2) is 33.8 Å². The zero-order valence-electron chi connectivity index (χ0n) is 15.4. The fourth-order valence-corrected chi connectivity index (χ4v) is 3.50. The van der Waals surface area contributed by atoms with E-state index in [1.165, 1.54) is 24.8 Å². The third-order valence-corrected chi connectivity index (χ3v) is 5.45. The molecule has 0 spiro atoms. The zero-order chi connectivity index (χ0) is 17.9. The van der Waals surface area contributed by atoms with Crippen LogP contribution in [0.3, 0.4) is 0 Å². The topological polar surface area (TPSA) is 62.5 Å². The van der Waals surface area contributed by atoms with Crippen LogP contribution >= 0.6 is 35.6 Å². The largest absolute Gasteiger partial charge is 0.361 e. The molecule has 0 atom stereocenters. The molecule has 7 heteroatoms. The van der Waals surface area contributed by atoms with Gasteiger partial charge in [-0.05, 0) is 44.4 Å². The molecule has 2 aromatic rings. The van der Waals surface area contributed by atoms with Crippen molar-refractivity contribution in [1.82, 2.24) is 15.8 Å². The number of benzene rings is 1. The Bertz CT molecular complexity index is 734. The van der Waals surface area contributed by atoms with Crippen molar-refractivity contribution in [3.8, 4) is 0 Å². The minimum atomic E-state index is 0. The molecule has 1 aliphatic rings. The third kappa shape index (κ3) is 4.52. The summed E-state index contributed by atoms with van der Waals surface area (Å²) < 4.78 is 5.21. The van der Waals surface area contributed by atoms with Gasteiger partial charge < -0.3 is 15.2 Å². The Kier molecular flexibility index (Phi) is 7.34. The Morgan fingerprint density at radius 1 is 1.23 bits per heavy atom. The van der Waals surface area contributed by atoms with Crippen molar-refractivity contribution in [2.24, 2.45) is 4.99 Å². The number of aromatic nitrogens is 1. The van der Waals surface area contributed by atoms with Crippen molar-refractivity contribution in [3.63, 3.8) is 0 Å². The SMILES string of the molecule is CN=C(NCc1c(C)noc1C)NCC1(c2ccc(Cl)cc2)CCC1.I. The number of halogens is 2. The highest BCUT2D eigenvalue weighted by Gasteiger charge is 2.38. The van der Waals surface area contributed by atoms with Crippen molar-refractivity contribution in [2.45, 2.75) is 45.1 Å². The standard InChI is InChI=1S/C19H25ClN4O.HI/c1-13-17(14(2)25-24-13)11-22-18(21-3)23-12-19(9-4-10-19)15-5-7-16(20)8-6-15;/h5-8H,4,9-12H2,1-3H3,(H2,21,22,23);1H. The molecule has 2 N–H and O–H groups in total. The average Bonchev–Trinajstić information content (AvgIpc) is 2.89. The molecule has 0 saturated heterocycles. The predicted octanol–water partition coefficient (Wildman–Crippen LogP) is 4.35. The van der Waals surface area contributed by atoms with Crippen LogP contribution < -0.4 is 10.6 Å². The van der Waals surface area contributed by atoms with Crippen molar-refractivity contribution >= 4 is 41.5 Å². The quantitative estimate of drug-likeness (QED) is 0.373. The maximum atomic E-state index is 6.03. The molecule has 0 amide bonds. The lowest BCUT2D eigenvalue weighted by Crippen LogP contribution is -2.48. The zero-order valence-corrected chi connectivity index (χ0v) is 18.5. The van der Waals surface area contributed by atoms with Gasteiger partial charge in [-0.2, -0.15) is 0 Å². The highest BCUT2D eigenvalue weighted by molar-refractivity contribution is 14.0. The Morgan fingerprint density at radius 2 is 1.92 bits per heavy atom. The van der Waals surface area contributed by atoms with Gasteiger partial charge in [-0.1, -0.05) is 35.3 Å². The Balaban J connectivity index is 0.00000243. The first-order valence-corrected chi connectivity index (χ1v) is 9.04. The molecule has 1 aromatic heterocycles. The van der Waals surface area contributed by atoms with Crippen LogP contribution in [0, 0.1) is 13.8 Å². The Morgan fingerprint density at radius 3 is 2.42 bits per heavy atom. The smallest absolute Gasteiger partial charge is 0.191 e. The number of rotatable bonds is 5.